The SMILES string of the molecule is CC(C)(C)NC(=O)c1coc(=O)[nH]1. The normalized spacial score (nSPS) is 11.3. The number of rotatable bonds is 1. The first kappa shape index (κ1) is 9.57. The molecule has 0 saturated heterocycles. The molecule has 2 N–H and O–H groups in total. The number of hydrogen-bond acceptors (Lipinski definition) is 3. The van der Waals surface area contributed by atoms with E-state index in [2.05, 4.69) is 14.7 Å². The first-order valence-corrected chi connectivity index (χ1v) is 3.89. The van der Waals surface area contributed by atoms with Gasteiger partial charge in [0.25, 0.3) is 5.91 Å². The molecule has 1 amide bonds. The lowest BCUT2D eigenvalue weighted by Gasteiger charge is -2.19. The maximum Gasteiger partial charge on any atom is 0.416 e. The summed E-state index contributed by atoms with van der Waals surface area (Å²) in [6.45, 7) is 5.55. The number of amides is 1. The fourth-order valence-corrected chi connectivity index (χ4v) is 0.800. The molecule has 1 aromatic rings. The van der Waals surface area contributed by atoms with E-state index in [4.69, 9.17) is 0 Å². The molecule has 0 atom stereocenters. The van der Waals surface area contributed by atoms with Gasteiger partial charge in [-0.05, 0) is 20.8 Å². The number of H-pyrrole nitrogens is 1. The quantitative estimate of drug-likeness (QED) is 0.667. The Morgan fingerprint density at radius 1 is 1.54 bits per heavy atom. The Bertz CT molecular complexity index is 356. The van der Waals surface area contributed by atoms with Crippen molar-refractivity contribution in [1.29, 1.82) is 0 Å². The van der Waals surface area contributed by atoms with Crippen LogP contribution in [0.3, 0.4) is 0 Å². The van der Waals surface area contributed by atoms with Crippen LogP contribution in [0.25, 0.3) is 0 Å². The Kier molecular flexibility index (Phi) is 2.27. The molecule has 0 spiro atoms. The van der Waals surface area contributed by atoms with Crippen LogP contribution in [0.1, 0.15) is 31.3 Å². The number of carbonyl (C=O) groups excluding carboxylic acids is 1. The van der Waals surface area contributed by atoms with Crippen molar-refractivity contribution in [2.45, 2.75) is 26.3 Å². The predicted molar refractivity (Wildman–Crippen MR) is 46.5 cm³/mol. The lowest BCUT2D eigenvalue weighted by Crippen LogP contribution is -2.40. The van der Waals surface area contributed by atoms with E-state index < -0.39 is 5.76 Å². The first-order chi connectivity index (χ1) is 5.88. The minimum Gasteiger partial charge on any atom is -0.416 e. The molecule has 0 aromatic carbocycles. The molecule has 0 aliphatic carbocycles. The monoisotopic (exact) mass is 184 g/mol. The molecule has 5 nitrogen and oxygen atoms in total. The predicted octanol–water partition coefficient (Wildman–Crippen LogP) is 0.496. The molecular formula is C8H12N2O3. The van der Waals surface area contributed by atoms with Crippen molar-refractivity contribution in [3.05, 3.63) is 22.5 Å². The zero-order valence-electron chi connectivity index (χ0n) is 7.80. The van der Waals surface area contributed by atoms with E-state index in [1.54, 1.807) is 0 Å². The maximum atomic E-state index is 11.3. The first-order valence-electron chi connectivity index (χ1n) is 3.89. The molecular weight excluding hydrogens is 172 g/mol. The fraction of sp³-hybridized carbons (Fsp3) is 0.500. The van der Waals surface area contributed by atoms with Crippen LogP contribution in [-0.4, -0.2) is 16.4 Å². The van der Waals surface area contributed by atoms with Gasteiger partial charge in [-0.25, -0.2) is 4.79 Å². The van der Waals surface area contributed by atoms with Gasteiger partial charge in [-0.15, -0.1) is 0 Å². The van der Waals surface area contributed by atoms with Crippen molar-refractivity contribution in [2.75, 3.05) is 0 Å². The molecule has 1 aromatic heterocycles. The highest BCUT2D eigenvalue weighted by molar-refractivity contribution is 5.92. The van der Waals surface area contributed by atoms with Gasteiger partial charge in [0.1, 0.15) is 12.0 Å². The van der Waals surface area contributed by atoms with E-state index in [1.807, 2.05) is 20.8 Å². The molecule has 0 aliphatic heterocycles. The van der Waals surface area contributed by atoms with Crippen molar-refractivity contribution < 1.29 is 9.21 Å². The zero-order chi connectivity index (χ0) is 10.1. The molecule has 72 valence electrons. The summed E-state index contributed by atoms with van der Waals surface area (Å²) in [6.07, 6.45) is 1.10. The van der Waals surface area contributed by atoms with E-state index in [-0.39, 0.29) is 17.1 Å². The smallest absolute Gasteiger partial charge is 0.416 e. The Morgan fingerprint density at radius 2 is 2.15 bits per heavy atom. The summed E-state index contributed by atoms with van der Waals surface area (Å²) in [4.78, 5) is 24.2. The molecule has 1 heterocycles. The van der Waals surface area contributed by atoms with Crippen LogP contribution < -0.4 is 11.1 Å². The average Bonchev–Trinajstić information content (AvgIpc) is 2.31. The van der Waals surface area contributed by atoms with Gasteiger partial charge in [-0.1, -0.05) is 0 Å². The summed E-state index contributed by atoms with van der Waals surface area (Å²) in [7, 11) is 0. The molecule has 1 rings (SSSR count). The van der Waals surface area contributed by atoms with Crippen LogP contribution >= 0.6 is 0 Å². The van der Waals surface area contributed by atoms with Crippen LogP contribution in [0.5, 0.6) is 0 Å². The molecule has 0 unspecified atom stereocenters. The van der Waals surface area contributed by atoms with Crippen LogP contribution in [0, 0.1) is 0 Å². The van der Waals surface area contributed by atoms with E-state index in [1.165, 1.54) is 0 Å². The van der Waals surface area contributed by atoms with Gasteiger partial charge in [0, 0.05) is 5.54 Å². The van der Waals surface area contributed by atoms with Crippen molar-refractivity contribution >= 4 is 5.91 Å². The maximum absolute atomic E-state index is 11.3. The Morgan fingerprint density at radius 3 is 2.54 bits per heavy atom. The van der Waals surface area contributed by atoms with E-state index in [0.717, 1.165) is 6.26 Å². The highest BCUT2D eigenvalue weighted by Crippen LogP contribution is 2.00. The average molecular weight is 184 g/mol. The van der Waals surface area contributed by atoms with Crippen LogP contribution in [0.15, 0.2) is 15.5 Å². The van der Waals surface area contributed by atoms with Crippen molar-refractivity contribution in [3.8, 4) is 0 Å². The standard InChI is InChI=1S/C8H12N2O3/c1-8(2,3)10-6(11)5-4-13-7(12)9-5/h4H,1-3H3,(H,9,12)(H,10,11). The molecule has 13 heavy (non-hydrogen) atoms. The number of aromatic amines is 1. The Hall–Kier alpha value is -1.52. The van der Waals surface area contributed by atoms with Gasteiger partial charge in [0.05, 0.1) is 0 Å². The summed E-state index contributed by atoms with van der Waals surface area (Å²) in [5.41, 5.74) is -0.189. The number of nitrogens with one attached hydrogen (secondary N) is 2. The van der Waals surface area contributed by atoms with E-state index >= 15 is 0 Å². The topological polar surface area (TPSA) is 75.1 Å². The van der Waals surface area contributed by atoms with Crippen molar-refractivity contribution in [2.24, 2.45) is 0 Å². The van der Waals surface area contributed by atoms with Crippen LogP contribution in [0.2, 0.25) is 0 Å². The molecule has 0 bridgehead atoms. The van der Waals surface area contributed by atoms with E-state index in [9.17, 15) is 9.59 Å². The van der Waals surface area contributed by atoms with Gasteiger partial charge in [0.15, 0.2) is 0 Å². The number of aromatic nitrogens is 1. The third kappa shape index (κ3) is 2.77. The van der Waals surface area contributed by atoms with Gasteiger partial charge in [-0.2, -0.15) is 0 Å². The summed E-state index contributed by atoms with van der Waals surface area (Å²) in [6, 6.07) is 0. The minimum atomic E-state index is -0.626. The van der Waals surface area contributed by atoms with Gasteiger partial charge in [-0.3, -0.25) is 9.78 Å². The van der Waals surface area contributed by atoms with Crippen molar-refractivity contribution in [1.82, 2.24) is 10.3 Å². The summed E-state index contributed by atoms with van der Waals surface area (Å²) in [5.74, 6) is -0.975. The molecule has 5 heteroatoms. The lowest BCUT2D eigenvalue weighted by atomic mass is 10.1. The number of hydrogen-bond donors (Lipinski definition) is 2. The third-order valence-electron chi connectivity index (χ3n) is 1.25. The Balaban J connectivity index is 2.75. The van der Waals surface area contributed by atoms with E-state index in [0.29, 0.717) is 0 Å². The molecule has 0 radical (unpaired) electrons. The largest absolute Gasteiger partial charge is 0.416 e. The number of oxazole rings is 1. The summed E-state index contributed by atoms with van der Waals surface area (Å²) < 4.78 is 4.43. The minimum absolute atomic E-state index is 0.139. The molecule has 0 aliphatic rings. The fourth-order valence-electron chi connectivity index (χ4n) is 0.800. The van der Waals surface area contributed by atoms with Crippen molar-refractivity contribution in [3.63, 3.8) is 0 Å². The van der Waals surface area contributed by atoms with Gasteiger partial charge in [0.2, 0.25) is 0 Å². The highest BCUT2D eigenvalue weighted by atomic mass is 16.4. The van der Waals surface area contributed by atoms with Gasteiger partial charge >= 0.3 is 5.76 Å². The second kappa shape index (κ2) is 3.08. The van der Waals surface area contributed by atoms with Crippen LogP contribution in [-0.2, 0) is 0 Å². The third-order valence-corrected chi connectivity index (χ3v) is 1.25. The van der Waals surface area contributed by atoms with Gasteiger partial charge < -0.3 is 9.73 Å². The second-order valence-electron chi connectivity index (χ2n) is 3.77. The number of carbonyl (C=O) groups is 1. The summed E-state index contributed by atoms with van der Waals surface area (Å²) in [5, 5.41) is 2.68. The second-order valence-corrected chi connectivity index (χ2v) is 3.77. The Labute approximate surface area is 75.1 Å². The molecule has 0 saturated carbocycles. The zero-order valence-corrected chi connectivity index (χ0v) is 7.80. The lowest BCUT2D eigenvalue weighted by molar-refractivity contribution is 0.0914. The molecule has 0 fully saturated rings. The van der Waals surface area contributed by atoms with Crippen LogP contribution in [0.4, 0.5) is 0 Å². The summed E-state index contributed by atoms with van der Waals surface area (Å²) >= 11 is 0. The highest BCUT2D eigenvalue weighted by Gasteiger charge is 2.16.